The van der Waals surface area contributed by atoms with E-state index in [1.54, 1.807) is 19.2 Å². The highest BCUT2D eigenvalue weighted by molar-refractivity contribution is 5.36. The third-order valence-corrected chi connectivity index (χ3v) is 1.21. The highest BCUT2D eigenvalue weighted by Gasteiger charge is 1.89. The van der Waals surface area contributed by atoms with Crippen molar-refractivity contribution in [2.45, 2.75) is 0 Å². The summed E-state index contributed by atoms with van der Waals surface area (Å²) in [6.07, 6.45) is 6.81. The molecule has 0 fully saturated rings. The van der Waals surface area contributed by atoms with Crippen LogP contribution in [0.5, 0.6) is 5.75 Å². The molecule has 0 atom stereocenters. The smallest absolute Gasteiger partial charge is 0.120 e. The molecule has 0 saturated carbocycles. The molecule has 0 heterocycles. The molecule has 0 amide bonds. The molecule has 0 aromatic heterocycles. The first-order chi connectivity index (χ1) is 4.86. The molecule has 0 saturated heterocycles. The van der Waals surface area contributed by atoms with E-state index < -0.39 is 0 Å². The van der Waals surface area contributed by atoms with Crippen molar-refractivity contribution in [1.29, 1.82) is 0 Å². The van der Waals surface area contributed by atoms with Crippen molar-refractivity contribution < 1.29 is 4.74 Å². The fourth-order valence-corrected chi connectivity index (χ4v) is 0.701. The van der Waals surface area contributed by atoms with Crippen molar-refractivity contribution in [2.75, 3.05) is 7.11 Å². The summed E-state index contributed by atoms with van der Waals surface area (Å²) in [5.41, 5.74) is 0.736. The molecule has 1 aromatic carbocycles. The van der Waals surface area contributed by atoms with E-state index in [4.69, 9.17) is 11.2 Å². The molecule has 1 rings (SSSR count). The van der Waals surface area contributed by atoms with Gasteiger partial charge in [-0.25, -0.2) is 0 Å². The Morgan fingerprint density at radius 1 is 1.50 bits per heavy atom. The van der Waals surface area contributed by atoms with Crippen molar-refractivity contribution in [2.24, 2.45) is 0 Å². The number of ether oxygens (including phenoxy) is 1. The van der Waals surface area contributed by atoms with E-state index in [1.165, 1.54) is 0 Å². The number of hydrogen-bond acceptors (Lipinski definition) is 1. The average molecular weight is 131 g/mol. The Hall–Kier alpha value is -1.42. The maximum absolute atomic E-state index is 6.81. The van der Waals surface area contributed by atoms with E-state index in [1.807, 2.05) is 12.1 Å². The van der Waals surface area contributed by atoms with Gasteiger partial charge in [0.15, 0.2) is 0 Å². The van der Waals surface area contributed by atoms with Gasteiger partial charge in [0.05, 0.1) is 7.11 Å². The third kappa shape index (κ3) is 1.29. The largest absolute Gasteiger partial charge is 0.497 e. The standard InChI is InChI=1S/C9H7O/c1-3-8-5-4-6-9(7-8)10-2/h4-7H,2H3. The molecule has 1 heteroatoms. The van der Waals surface area contributed by atoms with Gasteiger partial charge in [-0.05, 0) is 24.6 Å². The van der Waals surface area contributed by atoms with Gasteiger partial charge >= 0.3 is 0 Å². The lowest BCUT2D eigenvalue weighted by atomic mass is 10.2. The van der Waals surface area contributed by atoms with E-state index in [2.05, 4.69) is 5.92 Å². The second-order valence-corrected chi connectivity index (χ2v) is 1.86. The van der Waals surface area contributed by atoms with Gasteiger partial charge in [-0.3, -0.25) is 0 Å². The zero-order valence-corrected chi connectivity index (χ0v) is 5.72. The molecule has 0 bridgehead atoms. The summed E-state index contributed by atoms with van der Waals surface area (Å²) in [5, 5.41) is 0. The Bertz CT molecular complexity index is 258. The predicted octanol–water partition coefficient (Wildman–Crippen LogP) is 1.63. The first-order valence-corrected chi connectivity index (χ1v) is 2.93. The maximum atomic E-state index is 6.81. The van der Waals surface area contributed by atoms with Gasteiger partial charge in [-0.2, -0.15) is 0 Å². The highest BCUT2D eigenvalue weighted by Crippen LogP contribution is 2.10. The summed E-state index contributed by atoms with van der Waals surface area (Å²) in [7, 11) is 1.60. The van der Waals surface area contributed by atoms with Crippen molar-refractivity contribution in [3.8, 4) is 11.7 Å². The van der Waals surface area contributed by atoms with Gasteiger partial charge in [-0.15, -0.1) is 0 Å². The molecular formula is C9H7O. The summed E-state index contributed by atoms with van der Waals surface area (Å²) in [6.45, 7) is 0. The average Bonchev–Trinajstić information content (AvgIpc) is 2.05. The van der Waals surface area contributed by atoms with E-state index >= 15 is 0 Å². The number of rotatable bonds is 1. The minimum absolute atomic E-state index is 0.736. The topological polar surface area (TPSA) is 9.23 Å². The van der Waals surface area contributed by atoms with Crippen molar-refractivity contribution in [1.82, 2.24) is 0 Å². The summed E-state index contributed by atoms with van der Waals surface area (Å²) in [4.78, 5) is 0. The van der Waals surface area contributed by atoms with E-state index in [9.17, 15) is 0 Å². The van der Waals surface area contributed by atoms with Crippen LogP contribution in [0.4, 0.5) is 0 Å². The Morgan fingerprint density at radius 3 is 2.90 bits per heavy atom. The fourth-order valence-electron chi connectivity index (χ4n) is 0.701. The molecule has 0 unspecified atom stereocenters. The van der Waals surface area contributed by atoms with E-state index in [0.717, 1.165) is 11.3 Å². The van der Waals surface area contributed by atoms with Crippen LogP contribution in [-0.4, -0.2) is 7.11 Å². The third-order valence-electron chi connectivity index (χ3n) is 1.21. The molecule has 0 aliphatic heterocycles. The molecule has 1 radical (unpaired) electrons. The van der Waals surface area contributed by atoms with Crippen LogP contribution in [0.3, 0.4) is 0 Å². The maximum Gasteiger partial charge on any atom is 0.120 e. The lowest BCUT2D eigenvalue weighted by Crippen LogP contribution is -1.82. The van der Waals surface area contributed by atoms with Crippen LogP contribution >= 0.6 is 0 Å². The zero-order chi connectivity index (χ0) is 7.40. The lowest BCUT2D eigenvalue weighted by Gasteiger charge is -1.97. The second-order valence-electron chi connectivity index (χ2n) is 1.86. The van der Waals surface area contributed by atoms with Crippen LogP contribution in [0.2, 0.25) is 0 Å². The zero-order valence-electron chi connectivity index (χ0n) is 5.72. The van der Waals surface area contributed by atoms with Gasteiger partial charge in [-0.1, -0.05) is 12.0 Å². The number of hydrogen-bond donors (Lipinski definition) is 0. The van der Waals surface area contributed by atoms with Crippen LogP contribution in [0.1, 0.15) is 5.56 Å². The van der Waals surface area contributed by atoms with Gasteiger partial charge in [0, 0.05) is 5.56 Å². The minimum Gasteiger partial charge on any atom is -0.497 e. The van der Waals surface area contributed by atoms with Crippen LogP contribution in [0, 0.1) is 12.3 Å². The van der Waals surface area contributed by atoms with Crippen molar-refractivity contribution >= 4 is 0 Å². The SMILES string of the molecule is [C]#Cc1cccc(OC)c1. The Labute approximate surface area is 60.6 Å². The van der Waals surface area contributed by atoms with Crippen LogP contribution in [-0.2, 0) is 0 Å². The molecule has 0 aliphatic rings. The molecule has 0 N–H and O–H groups in total. The Morgan fingerprint density at radius 2 is 2.30 bits per heavy atom. The van der Waals surface area contributed by atoms with Gasteiger partial charge in [0.25, 0.3) is 0 Å². The quantitative estimate of drug-likeness (QED) is 0.526. The highest BCUT2D eigenvalue weighted by atomic mass is 16.5. The summed E-state index contributed by atoms with van der Waals surface area (Å²) < 4.78 is 4.93. The Balaban J connectivity index is 3.01. The number of benzene rings is 1. The number of methoxy groups -OCH3 is 1. The summed E-state index contributed by atoms with van der Waals surface area (Å²) in [6, 6.07) is 7.22. The molecule has 10 heavy (non-hydrogen) atoms. The van der Waals surface area contributed by atoms with E-state index in [0.29, 0.717) is 0 Å². The molecule has 49 valence electrons. The normalized spacial score (nSPS) is 8.40. The van der Waals surface area contributed by atoms with Crippen molar-refractivity contribution in [3.05, 3.63) is 36.3 Å². The van der Waals surface area contributed by atoms with Crippen LogP contribution in [0.15, 0.2) is 24.3 Å². The first-order valence-electron chi connectivity index (χ1n) is 2.93. The molecule has 1 aromatic rings. The molecule has 1 nitrogen and oxygen atoms in total. The Kier molecular flexibility index (Phi) is 1.96. The fraction of sp³-hybridized carbons (Fsp3) is 0.111. The van der Waals surface area contributed by atoms with Crippen molar-refractivity contribution in [3.63, 3.8) is 0 Å². The second kappa shape index (κ2) is 2.93. The summed E-state index contributed by atoms with van der Waals surface area (Å²) in [5.74, 6) is 3.03. The molecular weight excluding hydrogens is 124 g/mol. The first kappa shape index (κ1) is 6.70. The van der Waals surface area contributed by atoms with Gasteiger partial charge in [0.2, 0.25) is 0 Å². The minimum atomic E-state index is 0.736. The van der Waals surface area contributed by atoms with Crippen LogP contribution in [0.25, 0.3) is 0 Å². The van der Waals surface area contributed by atoms with Gasteiger partial charge in [0.1, 0.15) is 5.75 Å². The monoisotopic (exact) mass is 131 g/mol. The lowest BCUT2D eigenvalue weighted by molar-refractivity contribution is 0.414. The van der Waals surface area contributed by atoms with Crippen LogP contribution < -0.4 is 4.74 Å². The molecule has 0 spiro atoms. The summed E-state index contributed by atoms with van der Waals surface area (Å²) >= 11 is 0. The van der Waals surface area contributed by atoms with Gasteiger partial charge < -0.3 is 4.74 Å². The molecule has 0 aliphatic carbocycles. The van der Waals surface area contributed by atoms with E-state index in [-0.39, 0.29) is 0 Å². The predicted molar refractivity (Wildman–Crippen MR) is 39.2 cm³/mol.